The first-order valence-electron chi connectivity index (χ1n) is 12.4. The smallest absolute Gasteiger partial charge is 0.422 e. The number of esters is 1. The lowest BCUT2D eigenvalue weighted by Gasteiger charge is -2.39. The summed E-state index contributed by atoms with van der Waals surface area (Å²) in [6, 6.07) is 9.21. The van der Waals surface area contributed by atoms with Crippen molar-refractivity contribution in [1.82, 2.24) is 15.6 Å². The van der Waals surface area contributed by atoms with Crippen LogP contribution in [0.3, 0.4) is 0 Å². The second kappa shape index (κ2) is 14.0. The standard InChI is InChI=1S/C27H25F7N6O3/c1-36-11-10-24(41)43-25(14-37-16-39-40-35,21-8-5-19(28)12-22(21)29)27(33,34)23-9-4-18(13-38-23)17-2-6-20(7-3-17)42-15-26(30,31)32/h2-9,12-13,16,36H,10-11,14-15H2,1H3,(H2,35,37,39). The van der Waals surface area contributed by atoms with Gasteiger partial charge in [-0.05, 0) is 42.9 Å². The lowest BCUT2D eigenvalue weighted by molar-refractivity contribution is -0.223. The molecule has 43 heavy (non-hydrogen) atoms. The van der Waals surface area contributed by atoms with E-state index in [1.165, 1.54) is 37.4 Å². The highest BCUT2D eigenvalue weighted by Crippen LogP contribution is 2.48. The highest BCUT2D eigenvalue weighted by molar-refractivity contribution is 5.71. The Labute approximate surface area is 240 Å². The average Bonchev–Trinajstić information content (AvgIpc) is 2.96. The number of halogens is 7. The van der Waals surface area contributed by atoms with E-state index in [1.807, 2.05) is 0 Å². The summed E-state index contributed by atoms with van der Waals surface area (Å²) in [4.78, 5) is 16.5. The third kappa shape index (κ3) is 8.24. The fourth-order valence-corrected chi connectivity index (χ4v) is 3.95. The molecule has 9 nitrogen and oxygen atoms in total. The maximum Gasteiger partial charge on any atom is 0.422 e. The number of nitrogens with zero attached hydrogens (tertiary/aromatic N) is 3. The van der Waals surface area contributed by atoms with E-state index in [9.17, 15) is 22.4 Å². The van der Waals surface area contributed by atoms with Crippen LogP contribution in [0.15, 0.2) is 71.1 Å². The van der Waals surface area contributed by atoms with Gasteiger partial charge >= 0.3 is 18.1 Å². The maximum absolute atomic E-state index is 16.5. The molecule has 1 heterocycles. The van der Waals surface area contributed by atoms with Crippen molar-refractivity contribution >= 4 is 12.3 Å². The lowest BCUT2D eigenvalue weighted by Crippen LogP contribution is -2.54. The van der Waals surface area contributed by atoms with E-state index in [0.717, 1.165) is 24.7 Å². The van der Waals surface area contributed by atoms with Crippen molar-refractivity contribution in [2.45, 2.75) is 24.1 Å². The zero-order valence-corrected chi connectivity index (χ0v) is 22.4. The van der Waals surface area contributed by atoms with Crippen LogP contribution in [0.2, 0.25) is 0 Å². The van der Waals surface area contributed by atoms with Crippen molar-refractivity contribution in [3.63, 3.8) is 0 Å². The molecule has 1 unspecified atom stereocenters. The molecule has 2 aromatic carbocycles. The van der Waals surface area contributed by atoms with Gasteiger partial charge in [-0.25, -0.2) is 8.78 Å². The molecule has 0 aliphatic heterocycles. The van der Waals surface area contributed by atoms with Crippen LogP contribution in [-0.4, -0.2) is 50.2 Å². The minimum absolute atomic E-state index is 0.0337. The van der Waals surface area contributed by atoms with Crippen LogP contribution >= 0.6 is 0 Å². The zero-order valence-electron chi connectivity index (χ0n) is 22.4. The molecule has 0 amide bonds. The normalized spacial score (nSPS) is 13.4. The third-order valence-electron chi connectivity index (χ3n) is 5.97. The van der Waals surface area contributed by atoms with E-state index in [0.29, 0.717) is 17.7 Å². The molecule has 0 bridgehead atoms. The fourth-order valence-electron chi connectivity index (χ4n) is 3.95. The van der Waals surface area contributed by atoms with Crippen molar-refractivity contribution in [3.05, 3.63) is 83.7 Å². The van der Waals surface area contributed by atoms with Crippen molar-refractivity contribution in [1.29, 1.82) is 5.53 Å². The predicted molar refractivity (Wildman–Crippen MR) is 139 cm³/mol. The van der Waals surface area contributed by atoms with Gasteiger partial charge in [0.2, 0.25) is 5.60 Å². The molecule has 16 heteroatoms. The van der Waals surface area contributed by atoms with Gasteiger partial charge in [0.05, 0.1) is 13.0 Å². The topological polar surface area (TPSA) is 121 Å². The number of pyridine rings is 1. The van der Waals surface area contributed by atoms with Crippen LogP contribution in [0.1, 0.15) is 17.7 Å². The molecule has 0 fully saturated rings. The zero-order chi connectivity index (χ0) is 31.7. The summed E-state index contributed by atoms with van der Waals surface area (Å²) < 4.78 is 109. The van der Waals surface area contributed by atoms with E-state index in [1.54, 1.807) is 0 Å². The van der Waals surface area contributed by atoms with Gasteiger partial charge in [-0.1, -0.05) is 23.4 Å². The Kier molecular flexibility index (Phi) is 10.7. The summed E-state index contributed by atoms with van der Waals surface area (Å²) >= 11 is 0. The first kappa shape index (κ1) is 32.9. The summed E-state index contributed by atoms with van der Waals surface area (Å²) in [7, 11) is 1.51. The van der Waals surface area contributed by atoms with Gasteiger partial charge in [-0.15, -0.1) is 5.10 Å². The van der Waals surface area contributed by atoms with Crippen LogP contribution in [0.5, 0.6) is 5.75 Å². The van der Waals surface area contributed by atoms with Gasteiger partial charge in [0.15, 0.2) is 6.61 Å². The summed E-state index contributed by atoms with van der Waals surface area (Å²) in [5.41, 5.74) is 2.44. The van der Waals surface area contributed by atoms with E-state index in [4.69, 9.17) is 10.3 Å². The van der Waals surface area contributed by atoms with Gasteiger partial charge < -0.3 is 20.1 Å². The molecular formula is C27H25F7N6O3. The van der Waals surface area contributed by atoms with Crippen molar-refractivity contribution in [2.24, 2.45) is 10.3 Å². The number of hydrogen-bond acceptors (Lipinski definition) is 7. The number of nitrogens with one attached hydrogen (secondary N) is 3. The first-order valence-corrected chi connectivity index (χ1v) is 12.4. The quantitative estimate of drug-likeness (QED) is 0.0538. The van der Waals surface area contributed by atoms with Crippen LogP contribution in [0.4, 0.5) is 30.7 Å². The Morgan fingerprint density at radius 3 is 2.30 bits per heavy atom. The number of aromatic nitrogens is 1. The minimum Gasteiger partial charge on any atom is -0.484 e. The molecule has 0 spiro atoms. The van der Waals surface area contributed by atoms with Crippen LogP contribution in [-0.2, 0) is 21.1 Å². The number of ether oxygens (including phenoxy) is 2. The van der Waals surface area contributed by atoms with Gasteiger partial charge in [0.1, 0.15) is 29.4 Å². The Balaban J connectivity index is 2.05. The average molecular weight is 615 g/mol. The van der Waals surface area contributed by atoms with Crippen LogP contribution in [0, 0.1) is 17.2 Å². The Morgan fingerprint density at radius 2 is 1.72 bits per heavy atom. The predicted octanol–water partition coefficient (Wildman–Crippen LogP) is 5.67. The molecule has 0 aliphatic rings. The number of alkyl halides is 5. The number of hydrogen-bond donors (Lipinski definition) is 3. The molecule has 3 rings (SSSR count). The second-order valence-corrected chi connectivity index (χ2v) is 8.94. The largest absolute Gasteiger partial charge is 0.484 e. The van der Waals surface area contributed by atoms with Crippen molar-refractivity contribution in [2.75, 3.05) is 26.7 Å². The van der Waals surface area contributed by atoms with Gasteiger partial charge in [-0.2, -0.15) is 27.5 Å². The highest BCUT2D eigenvalue weighted by Gasteiger charge is 2.61. The number of rotatable bonds is 14. The molecule has 3 N–H and O–H groups in total. The number of benzene rings is 2. The van der Waals surface area contributed by atoms with E-state index >= 15 is 13.2 Å². The molecule has 0 aliphatic carbocycles. The molecule has 3 aromatic rings. The maximum atomic E-state index is 16.5. The van der Waals surface area contributed by atoms with Crippen molar-refractivity contribution in [3.8, 4) is 16.9 Å². The molecule has 1 atom stereocenters. The Hall–Kier alpha value is -4.60. The number of carbonyl (C=O) groups is 1. The van der Waals surface area contributed by atoms with Crippen molar-refractivity contribution < 1.29 is 45.0 Å². The van der Waals surface area contributed by atoms with E-state index < -0.39 is 59.7 Å². The Bertz CT molecular complexity index is 1420. The first-order chi connectivity index (χ1) is 20.3. The highest BCUT2D eigenvalue weighted by atomic mass is 19.4. The van der Waals surface area contributed by atoms with Crippen LogP contribution < -0.4 is 15.4 Å². The fraction of sp³-hybridized carbons (Fsp3) is 0.296. The Morgan fingerprint density at radius 1 is 1.02 bits per heavy atom. The van der Waals surface area contributed by atoms with Gasteiger partial charge in [-0.3, -0.25) is 9.78 Å². The lowest BCUT2D eigenvalue weighted by atomic mass is 9.83. The molecule has 0 saturated heterocycles. The summed E-state index contributed by atoms with van der Waals surface area (Å²) in [6.45, 7) is -2.46. The van der Waals surface area contributed by atoms with E-state index in [2.05, 4.69) is 30.7 Å². The number of carbonyl (C=O) groups excluding carboxylic acids is 1. The van der Waals surface area contributed by atoms with Crippen LogP contribution in [0.25, 0.3) is 11.1 Å². The summed E-state index contributed by atoms with van der Waals surface area (Å²) in [5, 5.41) is 10.9. The molecule has 0 saturated carbocycles. The summed E-state index contributed by atoms with van der Waals surface area (Å²) in [6.07, 6.45) is -3.13. The minimum atomic E-state index is -4.53. The summed E-state index contributed by atoms with van der Waals surface area (Å²) in [5.74, 6) is -7.99. The third-order valence-corrected chi connectivity index (χ3v) is 5.97. The SMILES string of the molecule is CNCCC(=O)OC(CN/C=N\N=N)(c1ccc(F)cc1F)C(F)(F)c1ccc(-c2ccc(OCC(F)(F)F)cc2)cn1. The monoisotopic (exact) mass is 614 g/mol. The second-order valence-electron chi connectivity index (χ2n) is 8.94. The van der Waals surface area contributed by atoms with E-state index in [-0.39, 0.29) is 24.3 Å². The molecule has 230 valence electrons. The molecule has 1 aromatic heterocycles. The molecular weight excluding hydrogens is 589 g/mol. The molecule has 0 radical (unpaired) electrons. The van der Waals surface area contributed by atoms with Gasteiger partial charge in [0.25, 0.3) is 0 Å². The van der Waals surface area contributed by atoms with Gasteiger partial charge in [0, 0.05) is 29.9 Å².